The Kier molecular flexibility index (Phi) is 2.22. The summed E-state index contributed by atoms with van der Waals surface area (Å²) in [6.07, 6.45) is 6.91. The quantitative estimate of drug-likeness (QED) is 0.721. The Balaban J connectivity index is 2.04. The van der Waals surface area contributed by atoms with Gasteiger partial charge in [0.25, 0.3) is 0 Å². The van der Waals surface area contributed by atoms with Crippen molar-refractivity contribution in [1.82, 2.24) is 9.38 Å². The minimum atomic E-state index is 0.125. The number of carbonyl (C=O) groups excluding carboxylic acids is 1. The number of ether oxygens (including phenoxy) is 1. The zero-order chi connectivity index (χ0) is 11.0. The molecule has 0 radical (unpaired) electrons. The van der Waals surface area contributed by atoms with Gasteiger partial charge in [-0.1, -0.05) is 0 Å². The third-order valence-electron chi connectivity index (χ3n) is 2.90. The molecule has 0 N–H and O–H groups in total. The van der Waals surface area contributed by atoms with Crippen molar-refractivity contribution >= 4 is 11.9 Å². The topological polar surface area (TPSA) is 43.6 Å². The van der Waals surface area contributed by atoms with E-state index >= 15 is 0 Å². The van der Waals surface area contributed by atoms with E-state index in [0.717, 1.165) is 37.1 Å². The number of hydrogen-bond donors (Lipinski definition) is 0. The summed E-state index contributed by atoms with van der Waals surface area (Å²) in [6.45, 7) is 0.818. The van der Waals surface area contributed by atoms with Gasteiger partial charge in [0.1, 0.15) is 18.0 Å². The molecule has 0 amide bonds. The molecule has 16 heavy (non-hydrogen) atoms. The van der Waals surface area contributed by atoms with Gasteiger partial charge < -0.3 is 9.14 Å². The Hall–Kier alpha value is -1.68. The molecule has 1 unspecified atom stereocenters. The Labute approximate surface area is 92.9 Å². The van der Waals surface area contributed by atoms with Gasteiger partial charge in [0.15, 0.2) is 0 Å². The van der Waals surface area contributed by atoms with Crippen LogP contribution in [0.3, 0.4) is 0 Å². The molecule has 0 aliphatic carbocycles. The fourth-order valence-electron chi connectivity index (χ4n) is 2.06. The van der Waals surface area contributed by atoms with Crippen LogP contribution in [0, 0.1) is 0 Å². The molecule has 0 aromatic carbocycles. The first kappa shape index (κ1) is 9.54. The number of aromatic nitrogens is 2. The van der Waals surface area contributed by atoms with Gasteiger partial charge in [-0.25, -0.2) is 4.98 Å². The van der Waals surface area contributed by atoms with Crippen molar-refractivity contribution in [2.45, 2.75) is 18.9 Å². The summed E-state index contributed by atoms with van der Waals surface area (Å²) in [5.41, 5.74) is 2.41. The highest BCUT2D eigenvalue weighted by Gasteiger charge is 2.20. The van der Waals surface area contributed by atoms with Gasteiger partial charge in [0, 0.05) is 24.6 Å². The van der Waals surface area contributed by atoms with Crippen molar-refractivity contribution in [2.24, 2.45) is 0 Å². The van der Waals surface area contributed by atoms with Gasteiger partial charge >= 0.3 is 0 Å². The molecule has 1 atom stereocenters. The number of imidazole rings is 1. The number of hydrogen-bond acceptors (Lipinski definition) is 3. The van der Waals surface area contributed by atoms with E-state index in [2.05, 4.69) is 4.98 Å². The molecular weight excluding hydrogens is 204 g/mol. The molecule has 2 aromatic rings. The number of fused-ring (bicyclic) bond motifs is 1. The zero-order valence-corrected chi connectivity index (χ0v) is 8.80. The van der Waals surface area contributed by atoms with E-state index in [4.69, 9.17) is 4.74 Å². The molecule has 1 aliphatic rings. The standard InChI is InChI=1S/C12H12N2O2/c15-8-9-3-4-14-7-10(13-12(14)6-9)11-2-1-5-16-11/h3-4,6-8,11H,1-2,5H2. The van der Waals surface area contributed by atoms with Crippen LogP contribution >= 0.6 is 0 Å². The smallest absolute Gasteiger partial charge is 0.150 e. The van der Waals surface area contributed by atoms with E-state index < -0.39 is 0 Å². The molecule has 82 valence electrons. The molecule has 3 rings (SSSR count). The van der Waals surface area contributed by atoms with E-state index in [-0.39, 0.29) is 6.10 Å². The van der Waals surface area contributed by atoms with Gasteiger partial charge in [0.05, 0.1) is 5.69 Å². The highest BCUT2D eigenvalue weighted by Crippen LogP contribution is 2.27. The van der Waals surface area contributed by atoms with Crippen molar-refractivity contribution in [3.05, 3.63) is 35.8 Å². The van der Waals surface area contributed by atoms with Crippen LogP contribution in [0.15, 0.2) is 24.5 Å². The molecule has 1 saturated heterocycles. The van der Waals surface area contributed by atoms with Gasteiger partial charge in [-0.15, -0.1) is 0 Å². The first-order valence-electron chi connectivity index (χ1n) is 5.42. The predicted octanol–water partition coefficient (Wildman–Crippen LogP) is 2.00. The van der Waals surface area contributed by atoms with Crippen molar-refractivity contribution in [3.63, 3.8) is 0 Å². The highest BCUT2D eigenvalue weighted by atomic mass is 16.5. The van der Waals surface area contributed by atoms with Gasteiger partial charge in [0.2, 0.25) is 0 Å². The fourth-order valence-corrected chi connectivity index (χ4v) is 2.06. The predicted molar refractivity (Wildman–Crippen MR) is 58.5 cm³/mol. The highest BCUT2D eigenvalue weighted by molar-refractivity contribution is 5.76. The van der Waals surface area contributed by atoms with Crippen LogP contribution in [0.1, 0.15) is 35.0 Å². The van der Waals surface area contributed by atoms with Crippen molar-refractivity contribution < 1.29 is 9.53 Å². The van der Waals surface area contributed by atoms with E-state index in [1.54, 1.807) is 12.1 Å². The Morgan fingerprint density at radius 3 is 3.25 bits per heavy atom. The Morgan fingerprint density at radius 2 is 2.50 bits per heavy atom. The van der Waals surface area contributed by atoms with E-state index in [0.29, 0.717) is 5.56 Å². The number of carbonyl (C=O) groups is 1. The monoisotopic (exact) mass is 216 g/mol. The molecule has 0 spiro atoms. The van der Waals surface area contributed by atoms with Crippen LogP contribution in [-0.2, 0) is 4.74 Å². The molecule has 3 heterocycles. The summed E-state index contributed by atoms with van der Waals surface area (Å²) in [4.78, 5) is 15.1. The maximum atomic E-state index is 10.7. The lowest BCUT2D eigenvalue weighted by molar-refractivity contribution is 0.109. The van der Waals surface area contributed by atoms with Gasteiger partial charge in [-0.2, -0.15) is 0 Å². The van der Waals surface area contributed by atoms with E-state index in [1.165, 1.54) is 0 Å². The molecule has 1 fully saturated rings. The van der Waals surface area contributed by atoms with Crippen molar-refractivity contribution in [1.29, 1.82) is 0 Å². The minimum absolute atomic E-state index is 0.125. The fraction of sp³-hybridized carbons (Fsp3) is 0.333. The zero-order valence-electron chi connectivity index (χ0n) is 8.80. The molecular formula is C12H12N2O2. The van der Waals surface area contributed by atoms with Crippen molar-refractivity contribution in [2.75, 3.05) is 6.61 Å². The Morgan fingerprint density at radius 1 is 1.56 bits per heavy atom. The average Bonchev–Trinajstić information content (AvgIpc) is 2.96. The van der Waals surface area contributed by atoms with Crippen LogP contribution in [0.2, 0.25) is 0 Å². The lowest BCUT2D eigenvalue weighted by atomic mass is 10.2. The van der Waals surface area contributed by atoms with E-state index in [9.17, 15) is 4.79 Å². The maximum absolute atomic E-state index is 10.7. The number of rotatable bonds is 2. The first-order valence-corrected chi connectivity index (χ1v) is 5.42. The minimum Gasteiger partial charge on any atom is -0.372 e. The largest absolute Gasteiger partial charge is 0.372 e. The summed E-state index contributed by atoms with van der Waals surface area (Å²) in [5, 5.41) is 0. The third kappa shape index (κ3) is 1.51. The third-order valence-corrected chi connectivity index (χ3v) is 2.90. The van der Waals surface area contributed by atoms with Crippen LogP contribution in [0.4, 0.5) is 0 Å². The number of pyridine rings is 1. The number of aldehydes is 1. The lowest BCUT2D eigenvalue weighted by Crippen LogP contribution is -1.94. The summed E-state index contributed by atoms with van der Waals surface area (Å²) >= 11 is 0. The van der Waals surface area contributed by atoms with Crippen LogP contribution < -0.4 is 0 Å². The second kappa shape index (κ2) is 3.72. The average molecular weight is 216 g/mol. The summed E-state index contributed by atoms with van der Waals surface area (Å²) in [5.74, 6) is 0. The first-order chi connectivity index (χ1) is 7.86. The van der Waals surface area contributed by atoms with E-state index in [1.807, 2.05) is 16.8 Å². The van der Waals surface area contributed by atoms with Crippen LogP contribution in [0.5, 0.6) is 0 Å². The summed E-state index contributed by atoms with van der Waals surface area (Å²) in [7, 11) is 0. The SMILES string of the molecule is O=Cc1ccn2cc(C3CCCO3)nc2c1. The van der Waals surface area contributed by atoms with Crippen molar-refractivity contribution in [3.8, 4) is 0 Å². The summed E-state index contributed by atoms with van der Waals surface area (Å²) in [6, 6.07) is 3.56. The van der Waals surface area contributed by atoms with Crippen LogP contribution in [-0.4, -0.2) is 22.3 Å². The molecule has 4 heteroatoms. The second-order valence-corrected chi connectivity index (χ2v) is 4.01. The Bertz CT molecular complexity index is 527. The number of nitrogens with zero attached hydrogens (tertiary/aromatic N) is 2. The molecule has 0 saturated carbocycles. The second-order valence-electron chi connectivity index (χ2n) is 4.01. The normalized spacial score (nSPS) is 20.4. The van der Waals surface area contributed by atoms with Crippen LogP contribution in [0.25, 0.3) is 5.65 Å². The summed E-state index contributed by atoms with van der Waals surface area (Å²) < 4.78 is 7.50. The molecule has 4 nitrogen and oxygen atoms in total. The molecule has 1 aliphatic heterocycles. The lowest BCUT2D eigenvalue weighted by Gasteiger charge is -2.03. The van der Waals surface area contributed by atoms with Gasteiger partial charge in [-0.3, -0.25) is 4.79 Å². The maximum Gasteiger partial charge on any atom is 0.150 e. The molecule has 0 bridgehead atoms. The van der Waals surface area contributed by atoms with Gasteiger partial charge in [-0.05, 0) is 25.0 Å². The molecule has 2 aromatic heterocycles.